The first-order chi connectivity index (χ1) is 6.63. The molecule has 1 aliphatic heterocycles. The Hall–Kier alpha value is -0.710. The topological polar surface area (TPSA) is 49.4 Å². The van der Waals surface area contributed by atoms with Gasteiger partial charge in [0.1, 0.15) is 0 Å². The molecular formula is C9H16N2O2S. The highest BCUT2D eigenvalue weighted by atomic mass is 32.2. The van der Waals surface area contributed by atoms with Crippen molar-refractivity contribution >= 4 is 23.7 Å². The zero-order valence-corrected chi connectivity index (χ0v) is 9.39. The Kier molecular flexibility index (Phi) is 4.25. The van der Waals surface area contributed by atoms with Crippen molar-refractivity contribution in [3.05, 3.63) is 0 Å². The number of amides is 3. The molecule has 0 aromatic heterocycles. The molecule has 0 bridgehead atoms. The minimum Gasteiger partial charge on any atom is -0.324 e. The molecular weight excluding hydrogens is 200 g/mol. The first-order valence-corrected chi connectivity index (χ1v) is 6.10. The molecule has 1 saturated heterocycles. The summed E-state index contributed by atoms with van der Waals surface area (Å²) in [7, 11) is 0. The van der Waals surface area contributed by atoms with Gasteiger partial charge in [0, 0.05) is 19.5 Å². The van der Waals surface area contributed by atoms with Crippen molar-refractivity contribution in [3.63, 3.8) is 0 Å². The standard InChI is InChI=1S/C9H16N2O2S/c1-7(6-14-2)5-11-4-3-8(12)10-9(11)13/h7H,3-6H2,1-2H3,(H,10,12,13). The zero-order valence-electron chi connectivity index (χ0n) is 8.58. The second kappa shape index (κ2) is 5.24. The van der Waals surface area contributed by atoms with E-state index in [0.29, 0.717) is 18.9 Å². The third kappa shape index (κ3) is 3.21. The third-order valence-electron chi connectivity index (χ3n) is 2.13. The first-order valence-electron chi connectivity index (χ1n) is 4.71. The number of carbonyl (C=O) groups is 2. The van der Waals surface area contributed by atoms with Crippen LogP contribution in [0.5, 0.6) is 0 Å². The molecule has 0 saturated carbocycles. The van der Waals surface area contributed by atoms with E-state index in [1.54, 1.807) is 16.7 Å². The van der Waals surface area contributed by atoms with E-state index < -0.39 is 0 Å². The maximum atomic E-state index is 11.3. The molecule has 1 N–H and O–H groups in total. The lowest BCUT2D eigenvalue weighted by atomic mass is 10.2. The Morgan fingerprint density at radius 3 is 2.86 bits per heavy atom. The van der Waals surface area contributed by atoms with Crippen LogP contribution in [0.1, 0.15) is 13.3 Å². The number of imide groups is 1. The van der Waals surface area contributed by atoms with Gasteiger partial charge in [-0.2, -0.15) is 11.8 Å². The van der Waals surface area contributed by atoms with Crippen molar-refractivity contribution in [1.29, 1.82) is 0 Å². The molecule has 1 rings (SSSR count). The second-order valence-corrected chi connectivity index (χ2v) is 4.52. The largest absolute Gasteiger partial charge is 0.324 e. The van der Waals surface area contributed by atoms with Crippen LogP contribution in [0, 0.1) is 5.92 Å². The van der Waals surface area contributed by atoms with Crippen molar-refractivity contribution in [2.75, 3.05) is 25.1 Å². The summed E-state index contributed by atoms with van der Waals surface area (Å²) >= 11 is 1.77. The number of nitrogens with one attached hydrogen (secondary N) is 1. The van der Waals surface area contributed by atoms with Crippen LogP contribution in [0.3, 0.4) is 0 Å². The SMILES string of the molecule is CSCC(C)CN1CCC(=O)NC1=O. The molecule has 1 atom stereocenters. The molecule has 4 nitrogen and oxygen atoms in total. The fourth-order valence-corrected chi connectivity index (χ4v) is 2.16. The number of carbonyl (C=O) groups excluding carboxylic acids is 2. The number of rotatable bonds is 4. The van der Waals surface area contributed by atoms with E-state index >= 15 is 0 Å². The van der Waals surface area contributed by atoms with Crippen LogP contribution < -0.4 is 5.32 Å². The quantitative estimate of drug-likeness (QED) is 0.760. The number of hydrogen-bond donors (Lipinski definition) is 1. The van der Waals surface area contributed by atoms with Gasteiger partial charge >= 0.3 is 6.03 Å². The lowest BCUT2D eigenvalue weighted by Crippen LogP contribution is -2.50. The predicted molar refractivity (Wildman–Crippen MR) is 57.3 cm³/mol. The van der Waals surface area contributed by atoms with Gasteiger partial charge in [-0.1, -0.05) is 6.92 Å². The summed E-state index contributed by atoms with van der Waals surface area (Å²) in [4.78, 5) is 23.9. The molecule has 1 unspecified atom stereocenters. The highest BCUT2D eigenvalue weighted by molar-refractivity contribution is 7.98. The maximum Gasteiger partial charge on any atom is 0.324 e. The zero-order chi connectivity index (χ0) is 10.6. The van der Waals surface area contributed by atoms with Crippen molar-refractivity contribution < 1.29 is 9.59 Å². The molecule has 0 aromatic carbocycles. The predicted octanol–water partition coefficient (Wildman–Crippen LogP) is 0.927. The molecule has 0 radical (unpaired) electrons. The Labute approximate surface area is 88.4 Å². The third-order valence-corrected chi connectivity index (χ3v) is 3.03. The van der Waals surface area contributed by atoms with Crippen molar-refractivity contribution in [1.82, 2.24) is 10.2 Å². The average molecular weight is 216 g/mol. The Morgan fingerprint density at radius 2 is 2.29 bits per heavy atom. The summed E-state index contributed by atoms with van der Waals surface area (Å²) in [5.74, 6) is 1.35. The van der Waals surface area contributed by atoms with Gasteiger partial charge in [0.05, 0.1) is 0 Å². The van der Waals surface area contributed by atoms with Crippen LogP contribution in [0.25, 0.3) is 0 Å². The summed E-state index contributed by atoms with van der Waals surface area (Å²) in [6, 6.07) is -0.241. The smallest absolute Gasteiger partial charge is 0.324 e. The van der Waals surface area contributed by atoms with Crippen LogP contribution in [-0.4, -0.2) is 41.9 Å². The van der Waals surface area contributed by atoms with E-state index in [-0.39, 0.29) is 11.9 Å². The van der Waals surface area contributed by atoms with E-state index in [1.165, 1.54) is 0 Å². The fraction of sp³-hybridized carbons (Fsp3) is 0.778. The van der Waals surface area contributed by atoms with Gasteiger partial charge in [-0.15, -0.1) is 0 Å². The molecule has 1 fully saturated rings. The molecule has 0 spiro atoms. The van der Waals surface area contributed by atoms with E-state index in [4.69, 9.17) is 0 Å². The minimum absolute atomic E-state index is 0.163. The van der Waals surface area contributed by atoms with Crippen molar-refractivity contribution in [3.8, 4) is 0 Å². The average Bonchev–Trinajstić information content (AvgIpc) is 2.10. The Balaban J connectivity index is 2.37. The van der Waals surface area contributed by atoms with Gasteiger partial charge in [-0.05, 0) is 17.9 Å². The number of nitrogens with zero attached hydrogens (tertiary/aromatic N) is 1. The van der Waals surface area contributed by atoms with E-state index in [1.807, 2.05) is 0 Å². The Bertz CT molecular complexity index is 233. The van der Waals surface area contributed by atoms with Crippen LogP contribution in [0.4, 0.5) is 4.79 Å². The first kappa shape index (κ1) is 11.4. The molecule has 1 heterocycles. The van der Waals surface area contributed by atoms with Crippen LogP contribution in [0.15, 0.2) is 0 Å². The highest BCUT2D eigenvalue weighted by Gasteiger charge is 2.23. The van der Waals surface area contributed by atoms with Crippen LogP contribution in [0.2, 0.25) is 0 Å². The second-order valence-electron chi connectivity index (χ2n) is 3.61. The molecule has 80 valence electrons. The molecule has 14 heavy (non-hydrogen) atoms. The normalized spacial score (nSPS) is 19.4. The number of urea groups is 1. The monoisotopic (exact) mass is 216 g/mol. The van der Waals surface area contributed by atoms with Crippen molar-refractivity contribution in [2.45, 2.75) is 13.3 Å². The maximum absolute atomic E-state index is 11.3. The lowest BCUT2D eigenvalue weighted by molar-refractivity contribution is -0.121. The summed E-state index contributed by atoms with van der Waals surface area (Å²) in [6.45, 7) is 3.41. The van der Waals surface area contributed by atoms with Crippen LogP contribution in [-0.2, 0) is 4.79 Å². The fourth-order valence-electron chi connectivity index (χ4n) is 1.49. The van der Waals surface area contributed by atoms with Crippen molar-refractivity contribution in [2.24, 2.45) is 5.92 Å². The number of hydrogen-bond acceptors (Lipinski definition) is 3. The summed E-state index contributed by atoms with van der Waals surface area (Å²) in [5, 5.41) is 2.32. The number of thioether (sulfide) groups is 1. The lowest BCUT2D eigenvalue weighted by Gasteiger charge is -2.28. The molecule has 0 aliphatic carbocycles. The summed E-state index contributed by atoms with van der Waals surface area (Å²) in [5.41, 5.74) is 0. The summed E-state index contributed by atoms with van der Waals surface area (Å²) < 4.78 is 0. The van der Waals surface area contributed by atoms with Gasteiger partial charge < -0.3 is 4.90 Å². The van der Waals surface area contributed by atoms with Gasteiger partial charge in [0.15, 0.2) is 0 Å². The molecule has 3 amide bonds. The van der Waals surface area contributed by atoms with E-state index in [2.05, 4.69) is 18.5 Å². The molecule has 5 heteroatoms. The van der Waals surface area contributed by atoms with E-state index in [9.17, 15) is 9.59 Å². The minimum atomic E-state index is -0.241. The highest BCUT2D eigenvalue weighted by Crippen LogP contribution is 2.09. The summed E-state index contributed by atoms with van der Waals surface area (Å²) in [6.07, 6.45) is 2.48. The van der Waals surface area contributed by atoms with Gasteiger partial charge in [0.25, 0.3) is 0 Å². The molecule has 0 aromatic rings. The van der Waals surface area contributed by atoms with Gasteiger partial charge in [-0.25, -0.2) is 4.79 Å². The van der Waals surface area contributed by atoms with Crippen LogP contribution >= 0.6 is 11.8 Å². The Morgan fingerprint density at radius 1 is 1.57 bits per heavy atom. The van der Waals surface area contributed by atoms with E-state index in [0.717, 1.165) is 12.3 Å². The van der Waals surface area contributed by atoms with Gasteiger partial charge in [0.2, 0.25) is 5.91 Å². The molecule has 1 aliphatic rings. The van der Waals surface area contributed by atoms with Gasteiger partial charge in [-0.3, -0.25) is 10.1 Å².